The van der Waals surface area contributed by atoms with E-state index >= 15 is 0 Å². The second kappa shape index (κ2) is 4.27. The van der Waals surface area contributed by atoms with Gasteiger partial charge in [-0.15, -0.1) is 5.10 Å². The SMILES string of the molecule is CC1(n2nnnc2-c2ccc(N)cc2)CCS(=O)(=O)C1. The molecule has 20 heavy (non-hydrogen) atoms. The number of anilines is 1. The minimum atomic E-state index is -3.02. The number of nitrogens with zero attached hydrogens (tertiary/aromatic N) is 4. The summed E-state index contributed by atoms with van der Waals surface area (Å²) in [5.41, 5.74) is 6.54. The van der Waals surface area contributed by atoms with Crippen LogP contribution in [0.1, 0.15) is 13.3 Å². The summed E-state index contributed by atoms with van der Waals surface area (Å²) >= 11 is 0. The monoisotopic (exact) mass is 293 g/mol. The Balaban J connectivity index is 2.05. The molecule has 8 heteroatoms. The summed E-state index contributed by atoms with van der Waals surface area (Å²) in [6, 6.07) is 7.18. The average molecular weight is 293 g/mol. The molecule has 0 saturated carbocycles. The molecular weight excluding hydrogens is 278 g/mol. The molecule has 1 aromatic heterocycles. The maximum absolute atomic E-state index is 11.7. The quantitative estimate of drug-likeness (QED) is 0.806. The van der Waals surface area contributed by atoms with Crippen molar-refractivity contribution in [3.8, 4) is 11.4 Å². The van der Waals surface area contributed by atoms with Gasteiger partial charge in [0.25, 0.3) is 0 Å². The molecule has 0 radical (unpaired) electrons. The van der Waals surface area contributed by atoms with Crippen LogP contribution in [0, 0.1) is 0 Å². The fourth-order valence-corrected chi connectivity index (χ4v) is 4.63. The molecule has 0 amide bonds. The lowest BCUT2D eigenvalue weighted by Gasteiger charge is -2.23. The molecule has 0 spiro atoms. The summed E-state index contributed by atoms with van der Waals surface area (Å²) in [6.07, 6.45) is 0.516. The van der Waals surface area contributed by atoms with Crippen molar-refractivity contribution in [2.75, 3.05) is 17.2 Å². The van der Waals surface area contributed by atoms with Gasteiger partial charge < -0.3 is 5.73 Å². The van der Waals surface area contributed by atoms with Crippen LogP contribution in [0.4, 0.5) is 5.69 Å². The number of benzene rings is 1. The van der Waals surface area contributed by atoms with E-state index in [9.17, 15) is 8.42 Å². The Bertz CT molecular complexity index is 737. The third-order valence-corrected chi connectivity index (χ3v) is 5.52. The summed E-state index contributed by atoms with van der Waals surface area (Å²) in [7, 11) is -3.02. The normalized spacial score (nSPS) is 24.9. The molecule has 1 aliphatic heterocycles. The maximum Gasteiger partial charge on any atom is 0.182 e. The fourth-order valence-electron chi connectivity index (χ4n) is 2.52. The van der Waals surface area contributed by atoms with E-state index in [2.05, 4.69) is 15.5 Å². The third kappa shape index (κ3) is 2.15. The lowest BCUT2D eigenvalue weighted by atomic mass is 10.0. The predicted molar refractivity (Wildman–Crippen MR) is 74.6 cm³/mol. The highest BCUT2D eigenvalue weighted by Gasteiger charge is 2.42. The first-order valence-electron chi connectivity index (χ1n) is 6.25. The Morgan fingerprint density at radius 1 is 1.30 bits per heavy atom. The molecule has 2 aromatic rings. The third-order valence-electron chi connectivity index (χ3n) is 3.63. The second-order valence-corrected chi connectivity index (χ2v) is 7.56. The van der Waals surface area contributed by atoms with Crippen LogP contribution in [0.2, 0.25) is 0 Å². The Morgan fingerprint density at radius 2 is 2.00 bits per heavy atom. The van der Waals surface area contributed by atoms with Gasteiger partial charge in [-0.05, 0) is 48.0 Å². The van der Waals surface area contributed by atoms with Gasteiger partial charge in [0.05, 0.1) is 17.0 Å². The number of hydrogen-bond acceptors (Lipinski definition) is 6. The zero-order valence-electron chi connectivity index (χ0n) is 11.0. The van der Waals surface area contributed by atoms with Crippen LogP contribution in [-0.4, -0.2) is 40.1 Å². The van der Waals surface area contributed by atoms with Gasteiger partial charge in [0.1, 0.15) is 0 Å². The summed E-state index contributed by atoms with van der Waals surface area (Å²) in [5.74, 6) is 0.793. The van der Waals surface area contributed by atoms with Gasteiger partial charge in [0.15, 0.2) is 15.7 Å². The molecule has 0 aliphatic carbocycles. The molecule has 2 heterocycles. The van der Waals surface area contributed by atoms with Gasteiger partial charge in [0.2, 0.25) is 0 Å². The number of rotatable bonds is 2. The number of sulfone groups is 1. The van der Waals surface area contributed by atoms with Gasteiger partial charge in [-0.25, -0.2) is 13.1 Å². The molecule has 0 bridgehead atoms. The molecule has 1 fully saturated rings. The van der Waals surface area contributed by atoms with E-state index in [4.69, 9.17) is 5.73 Å². The second-order valence-electron chi connectivity index (χ2n) is 5.38. The van der Waals surface area contributed by atoms with Crippen LogP contribution in [-0.2, 0) is 15.4 Å². The smallest absolute Gasteiger partial charge is 0.182 e. The largest absolute Gasteiger partial charge is 0.399 e. The van der Waals surface area contributed by atoms with E-state index in [0.29, 0.717) is 17.9 Å². The van der Waals surface area contributed by atoms with E-state index in [1.54, 1.807) is 16.8 Å². The van der Waals surface area contributed by atoms with Crippen LogP contribution in [0.3, 0.4) is 0 Å². The molecule has 3 rings (SSSR count). The highest BCUT2D eigenvalue weighted by molar-refractivity contribution is 7.91. The summed E-state index contributed by atoms with van der Waals surface area (Å²) in [6.45, 7) is 1.87. The number of aromatic nitrogens is 4. The van der Waals surface area contributed by atoms with Crippen molar-refractivity contribution in [2.45, 2.75) is 18.9 Å². The zero-order valence-corrected chi connectivity index (χ0v) is 11.8. The van der Waals surface area contributed by atoms with Crippen LogP contribution in [0.5, 0.6) is 0 Å². The topological polar surface area (TPSA) is 104 Å². The zero-order chi connectivity index (χ0) is 14.4. The van der Waals surface area contributed by atoms with Gasteiger partial charge in [0, 0.05) is 11.3 Å². The highest BCUT2D eigenvalue weighted by atomic mass is 32.2. The van der Waals surface area contributed by atoms with Crippen molar-refractivity contribution in [3.63, 3.8) is 0 Å². The molecule has 1 aliphatic rings. The average Bonchev–Trinajstić information content (AvgIpc) is 2.96. The van der Waals surface area contributed by atoms with Crippen LogP contribution in [0.15, 0.2) is 24.3 Å². The summed E-state index contributed by atoms with van der Waals surface area (Å²) in [4.78, 5) is 0. The van der Waals surface area contributed by atoms with Crippen molar-refractivity contribution in [2.24, 2.45) is 0 Å². The first-order chi connectivity index (χ1) is 9.40. The van der Waals surface area contributed by atoms with Gasteiger partial charge in [-0.3, -0.25) is 0 Å². The van der Waals surface area contributed by atoms with Crippen LogP contribution < -0.4 is 5.73 Å². The van der Waals surface area contributed by atoms with E-state index in [1.807, 2.05) is 19.1 Å². The highest BCUT2D eigenvalue weighted by Crippen LogP contribution is 2.33. The molecule has 1 aromatic carbocycles. The van der Waals surface area contributed by atoms with Crippen molar-refractivity contribution in [1.82, 2.24) is 20.2 Å². The van der Waals surface area contributed by atoms with E-state index in [0.717, 1.165) is 5.56 Å². The van der Waals surface area contributed by atoms with Crippen molar-refractivity contribution < 1.29 is 8.42 Å². The molecular formula is C12H15N5O2S. The Labute approximate surface area is 116 Å². The summed E-state index contributed by atoms with van der Waals surface area (Å²) < 4.78 is 25.1. The first kappa shape index (κ1) is 13.0. The van der Waals surface area contributed by atoms with E-state index in [1.165, 1.54) is 0 Å². The fraction of sp³-hybridized carbons (Fsp3) is 0.417. The number of nitrogen functional groups attached to an aromatic ring is 1. The Hall–Kier alpha value is -1.96. The van der Waals surface area contributed by atoms with Crippen molar-refractivity contribution in [1.29, 1.82) is 0 Å². The first-order valence-corrected chi connectivity index (χ1v) is 8.07. The number of tetrazole rings is 1. The standard InChI is InChI=1S/C12H15N5O2S/c1-12(6-7-20(18,19)8-12)17-11(14-15-16-17)9-2-4-10(13)5-3-9/h2-5H,6-8,13H2,1H3. The van der Waals surface area contributed by atoms with Crippen molar-refractivity contribution >= 4 is 15.5 Å². The Morgan fingerprint density at radius 3 is 2.60 bits per heavy atom. The van der Waals surface area contributed by atoms with E-state index < -0.39 is 15.4 Å². The lowest BCUT2D eigenvalue weighted by molar-refractivity contribution is 0.325. The van der Waals surface area contributed by atoms with Gasteiger partial charge >= 0.3 is 0 Å². The molecule has 1 atom stereocenters. The predicted octanol–water partition coefficient (Wildman–Crippen LogP) is 0.456. The number of hydrogen-bond donors (Lipinski definition) is 1. The Kier molecular flexibility index (Phi) is 2.79. The van der Waals surface area contributed by atoms with Crippen molar-refractivity contribution in [3.05, 3.63) is 24.3 Å². The van der Waals surface area contributed by atoms with Gasteiger partial charge in [-0.2, -0.15) is 0 Å². The summed E-state index contributed by atoms with van der Waals surface area (Å²) in [5, 5.41) is 11.7. The molecule has 1 saturated heterocycles. The van der Waals surface area contributed by atoms with E-state index in [-0.39, 0.29) is 11.5 Å². The number of nitrogens with two attached hydrogens (primary N) is 1. The van der Waals surface area contributed by atoms with Crippen LogP contribution >= 0.6 is 0 Å². The molecule has 1 unspecified atom stereocenters. The minimum absolute atomic E-state index is 0.0625. The molecule has 7 nitrogen and oxygen atoms in total. The maximum atomic E-state index is 11.7. The molecule has 2 N–H and O–H groups in total. The van der Waals surface area contributed by atoms with Crippen LogP contribution in [0.25, 0.3) is 11.4 Å². The lowest BCUT2D eigenvalue weighted by Crippen LogP contribution is -2.33. The van der Waals surface area contributed by atoms with Gasteiger partial charge in [-0.1, -0.05) is 0 Å². The minimum Gasteiger partial charge on any atom is -0.399 e. The molecule has 106 valence electrons.